The minimum Gasteiger partial charge on any atom is -0.480 e. The molecule has 31 heavy (non-hydrogen) atoms. The number of rotatable bonds is 2. The SMILES string of the molecule is Cc1ccc2c(c1)C1=C([C@H](c3ccccc3Cl)O2)[C@H](c2cccnc2)n2ncnc2N1. The van der Waals surface area contributed by atoms with Crippen LogP contribution in [0, 0.1) is 6.92 Å². The van der Waals surface area contributed by atoms with Crippen LogP contribution in [0.1, 0.15) is 34.4 Å². The van der Waals surface area contributed by atoms with Crippen molar-refractivity contribution in [3.63, 3.8) is 0 Å². The van der Waals surface area contributed by atoms with E-state index < -0.39 is 6.10 Å². The lowest BCUT2D eigenvalue weighted by Crippen LogP contribution is -2.32. The third kappa shape index (κ3) is 2.83. The molecule has 0 aliphatic carbocycles. The summed E-state index contributed by atoms with van der Waals surface area (Å²) in [6.07, 6.45) is 4.80. The zero-order valence-corrected chi connectivity index (χ0v) is 17.4. The fraction of sp³-hybridized carbons (Fsp3) is 0.125. The highest BCUT2D eigenvalue weighted by Gasteiger charge is 2.41. The summed E-state index contributed by atoms with van der Waals surface area (Å²) in [7, 11) is 0. The molecule has 2 aromatic heterocycles. The maximum Gasteiger partial charge on any atom is 0.226 e. The summed E-state index contributed by atoms with van der Waals surface area (Å²) < 4.78 is 8.48. The second-order valence-corrected chi connectivity index (χ2v) is 8.10. The lowest BCUT2D eigenvalue weighted by Gasteiger charge is -2.39. The van der Waals surface area contributed by atoms with Gasteiger partial charge in [-0.3, -0.25) is 4.98 Å². The highest BCUT2D eigenvalue weighted by molar-refractivity contribution is 6.31. The first-order valence-electron chi connectivity index (χ1n) is 10.0. The van der Waals surface area contributed by atoms with Gasteiger partial charge in [-0.2, -0.15) is 10.1 Å². The summed E-state index contributed by atoms with van der Waals surface area (Å²) in [6, 6.07) is 17.7. The molecule has 0 amide bonds. The number of nitrogens with one attached hydrogen (secondary N) is 1. The number of hydrogen-bond acceptors (Lipinski definition) is 5. The second-order valence-electron chi connectivity index (χ2n) is 7.69. The standard InChI is InChI=1S/C24H18ClN5O/c1-14-8-9-19-17(11-14)21-20(23(31-19)16-6-2-3-7-18(16)25)22(15-5-4-10-26-12-15)30-24(29-21)27-13-28-30/h2-13,22-23H,1H3,(H,27,28,29)/t22-,23-/m0/s1. The van der Waals surface area contributed by atoms with E-state index in [1.807, 2.05) is 47.3 Å². The van der Waals surface area contributed by atoms with Gasteiger partial charge in [0.2, 0.25) is 5.95 Å². The Kier molecular flexibility index (Phi) is 4.07. The molecule has 4 heterocycles. The second kappa shape index (κ2) is 6.96. The van der Waals surface area contributed by atoms with E-state index in [0.717, 1.165) is 39.3 Å². The maximum atomic E-state index is 6.64. The van der Waals surface area contributed by atoms with Crippen LogP contribution in [-0.2, 0) is 0 Å². The third-order valence-corrected chi connectivity index (χ3v) is 6.10. The molecular weight excluding hydrogens is 410 g/mol. The Morgan fingerprint density at radius 2 is 2.00 bits per heavy atom. The van der Waals surface area contributed by atoms with Gasteiger partial charge in [0.25, 0.3) is 0 Å². The molecule has 0 fully saturated rings. The molecule has 0 radical (unpaired) electrons. The summed E-state index contributed by atoms with van der Waals surface area (Å²) in [5.41, 5.74) is 6.06. The molecule has 2 aromatic carbocycles. The normalized spacial score (nSPS) is 19.0. The third-order valence-electron chi connectivity index (χ3n) is 5.76. The molecule has 0 saturated heterocycles. The van der Waals surface area contributed by atoms with E-state index >= 15 is 0 Å². The zero-order valence-electron chi connectivity index (χ0n) is 16.7. The van der Waals surface area contributed by atoms with Gasteiger partial charge in [0.1, 0.15) is 18.1 Å². The molecule has 0 spiro atoms. The maximum absolute atomic E-state index is 6.64. The van der Waals surface area contributed by atoms with Crippen molar-refractivity contribution in [2.45, 2.75) is 19.1 Å². The van der Waals surface area contributed by atoms with E-state index in [1.165, 1.54) is 0 Å². The fourth-order valence-corrected chi connectivity index (χ4v) is 4.62. The first-order chi connectivity index (χ1) is 15.2. The molecule has 152 valence electrons. The highest BCUT2D eigenvalue weighted by Crippen LogP contribution is 2.51. The van der Waals surface area contributed by atoms with Gasteiger partial charge in [0.15, 0.2) is 6.10 Å². The minimum absolute atomic E-state index is 0.239. The lowest BCUT2D eigenvalue weighted by molar-refractivity contribution is 0.223. The number of benzene rings is 2. The van der Waals surface area contributed by atoms with Crippen molar-refractivity contribution < 1.29 is 4.74 Å². The number of halogens is 1. The summed E-state index contributed by atoms with van der Waals surface area (Å²) in [6.45, 7) is 2.07. The van der Waals surface area contributed by atoms with Gasteiger partial charge < -0.3 is 10.1 Å². The number of nitrogens with zero attached hydrogens (tertiary/aromatic N) is 4. The van der Waals surface area contributed by atoms with Crippen LogP contribution >= 0.6 is 11.6 Å². The van der Waals surface area contributed by atoms with E-state index in [1.54, 1.807) is 12.5 Å². The van der Waals surface area contributed by atoms with Gasteiger partial charge in [0, 0.05) is 34.1 Å². The van der Waals surface area contributed by atoms with Crippen LogP contribution in [0.3, 0.4) is 0 Å². The van der Waals surface area contributed by atoms with Crippen LogP contribution in [0.5, 0.6) is 5.75 Å². The first-order valence-corrected chi connectivity index (χ1v) is 10.4. The highest BCUT2D eigenvalue weighted by atomic mass is 35.5. The van der Waals surface area contributed by atoms with E-state index in [-0.39, 0.29) is 6.04 Å². The van der Waals surface area contributed by atoms with Gasteiger partial charge in [-0.15, -0.1) is 0 Å². The van der Waals surface area contributed by atoms with Gasteiger partial charge in [-0.25, -0.2) is 4.68 Å². The predicted molar refractivity (Wildman–Crippen MR) is 119 cm³/mol. The van der Waals surface area contributed by atoms with Crippen LogP contribution in [0.25, 0.3) is 5.70 Å². The quantitative estimate of drug-likeness (QED) is 0.476. The summed E-state index contributed by atoms with van der Waals surface area (Å²) in [4.78, 5) is 8.81. The van der Waals surface area contributed by atoms with Crippen molar-refractivity contribution in [2.75, 3.05) is 5.32 Å². The van der Waals surface area contributed by atoms with Crippen molar-refractivity contribution in [3.8, 4) is 5.75 Å². The zero-order chi connectivity index (χ0) is 20.9. The minimum atomic E-state index is -0.394. The number of ether oxygens (including phenoxy) is 1. The van der Waals surface area contributed by atoms with Crippen LogP contribution in [0.15, 0.2) is 78.9 Å². The van der Waals surface area contributed by atoms with Crippen molar-refractivity contribution in [1.82, 2.24) is 19.7 Å². The predicted octanol–water partition coefficient (Wildman–Crippen LogP) is 5.19. The lowest BCUT2D eigenvalue weighted by atomic mass is 9.85. The van der Waals surface area contributed by atoms with E-state index in [9.17, 15) is 0 Å². The van der Waals surface area contributed by atoms with Gasteiger partial charge in [-0.05, 0) is 36.8 Å². The Hall–Kier alpha value is -3.64. The number of pyridine rings is 1. The van der Waals surface area contributed by atoms with Crippen LogP contribution in [0.4, 0.5) is 5.95 Å². The van der Waals surface area contributed by atoms with Crippen molar-refractivity contribution in [2.24, 2.45) is 0 Å². The molecule has 7 heteroatoms. The fourth-order valence-electron chi connectivity index (χ4n) is 4.39. The molecule has 4 aromatic rings. The Labute approximate surface area is 184 Å². The molecule has 2 aliphatic heterocycles. The Morgan fingerprint density at radius 1 is 1.10 bits per heavy atom. The Balaban J connectivity index is 1.66. The summed E-state index contributed by atoms with van der Waals surface area (Å²) in [5.74, 6) is 1.49. The van der Waals surface area contributed by atoms with Gasteiger partial charge in [0.05, 0.1) is 5.70 Å². The number of hydrogen-bond donors (Lipinski definition) is 1. The molecule has 1 N–H and O–H groups in total. The van der Waals surface area contributed by atoms with Crippen LogP contribution < -0.4 is 10.1 Å². The van der Waals surface area contributed by atoms with Crippen LogP contribution in [0.2, 0.25) is 5.02 Å². The van der Waals surface area contributed by atoms with Gasteiger partial charge >= 0.3 is 0 Å². The van der Waals surface area contributed by atoms with Crippen molar-refractivity contribution in [1.29, 1.82) is 0 Å². The number of aryl methyl sites for hydroxylation is 1. The molecule has 0 bridgehead atoms. The molecule has 2 aliphatic rings. The average molecular weight is 428 g/mol. The van der Waals surface area contributed by atoms with Crippen molar-refractivity contribution in [3.05, 3.63) is 106 Å². The topological polar surface area (TPSA) is 64.9 Å². The van der Waals surface area contributed by atoms with E-state index in [0.29, 0.717) is 11.0 Å². The molecule has 6 rings (SSSR count). The summed E-state index contributed by atoms with van der Waals surface area (Å²) >= 11 is 6.64. The summed E-state index contributed by atoms with van der Waals surface area (Å²) in [5, 5.41) is 8.69. The largest absolute Gasteiger partial charge is 0.480 e. The van der Waals surface area contributed by atoms with E-state index in [2.05, 4.69) is 45.5 Å². The molecule has 0 unspecified atom stereocenters. The Morgan fingerprint density at radius 3 is 2.84 bits per heavy atom. The number of aromatic nitrogens is 4. The van der Waals surface area contributed by atoms with Crippen molar-refractivity contribution >= 4 is 23.2 Å². The number of fused-ring (bicyclic) bond motifs is 3. The first kappa shape index (κ1) is 18.2. The van der Waals surface area contributed by atoms with Crippen LogP contribution in [-0.4, -0.2) is 19.7 Å². The average Bonchev–Trinajstić information content (AvgIpc) is 3.27. The smallest absolute Gasteiger partial charge is 0.226 e. The molecule has 0 saturated carbocycles. The van der Waals surface area contributed by atoms with E-state index in [4.69, 9.17) is 16.3 Å². The monoisotopic (exact) mass is 427 g/mol. The number of anilines is 1. The molecular formula is C24H18ClN5O. The molecule has 6 nitrogen and oxygen atoms in total. The van der Waals surface area contributed by atoms with Gasteiger partial charge in [-0.1, -0.05) is 47.5 Å². The Bertz CT molecular complexity index is 1330. The molecule has 2 atom stereocenters.